The molecule has 2 aromatic rings. The molecule has 0 radical (unpaired) electrons. The molecule has 3 rings (SSSR count). The van der Waals surface area contributed by atoms with Crippen LogP contribution >= 0.6 is 0 Å². The Balaban J connectivity index is 1.62. The van der Waals surface area contributed by atoms with Crippen molar-refractivity contribution in [2.75, 3.05) is 39.4 Å². The van der Waals surface area contributed by atoms with Crippen molar-refractivity contribution in [2.24, 2.45) is 0 Å². The fraction of sp³-hybridized carbons (Fsp3) is 0.421. The number of hydrogen-bond acceptors (Lipinski definition) is 5. The standard InChI is InChI=1S/C19H24N4O2/c24-19(18-3-1-6-21-15-18)23(16-17-4-7-20-8-5-17)10-2-9-22-11-13-25-14-12-22/h1,3-8,15H,2,9-14,16H2. The zero-order valence-electron chi connectivity index (χ0n) is 14.4. The molecule has 1 aliphatic rings. The molecule has 0 atom stereocenters. The summed E-state index contributed by atoms with van der Waals surface area (Å²) in [6, 6.07) is 7.51. The Morgan fingerprint density at radius 2 is 1.92 bits per heavy atom. The first-order valence-electron chi connectivity index (χ1n) is 8.71. The summed E-state index contributed by atoms with van der Waals surface area (Å²) < 4.78 is 5.38. The number of pyridine rings is 2. The molecule has 1 saturated heterocycles. The van der Waals surface area contributed by atoms with Gasteiger partial charge in [0, 0.05) is 57.5 Å². The van der Waals surface area contributed by atoms with Crippen LogP contribution in [0.4, 0.5) is 0 Å². The van der Waals surface area contributed by atoms with Crippen molar-refractivity contribution in [2.45, 2.75) is 13.0 Å². The van der Waals surface area contributed by atoms with Gasteiger partial charge in [0.05, 0.1) is 18.8 Å². The molecular formula is C19H24N4O2. The van der Waals surface area contributed by atoms with Crippen molar-refractivity contribution in [3.05, 3.63) is 60.2 Å². The Labute approximate surface area is 148 Å². The number of morpholine rings is 1. The highest BCUT2D eigenvalue weighted by Crippen LogP contribution is 2.10. The van der Waals surface area contributed by atoms with Gasteiger partial charge in [-0.05, 0) is 36.2 Å². The Hall–Kier alpha value is -2.31. The van der Waals surface area contributed by atoms with Gasteiger partial charge in [0.1, 0.15) is 0 Å². The molecule has 1 aliphatic heterocycles. The van der Waals surface area contributed by atoms with Crippen LogP contribution in [0, 0.1) is 0 Å². The second-order valence-corrected chi connectivity index (χ2v) is 6.13. The normalized spacial score (nSPS) is 15.0. The van der Waals surface area contributed by atoms with E-state index in [9.17, 15) is 4.79 Å². The molecular weight excluding hydrogens is 316 g/mol. The molecule has 132 valence electrons. The maximum Gasteiger partial charge on any atom is 0.255 e. The lowest BCUT2D eigenvalue weighted by Crippen LogP contribution is -2.39. The van der Waals surface area contributed by atoms with E-state index < -0.39 is 0 Å². The zero-order valence-corrected chi connectivity index (χ0v) is 14.4. The highest BCUT2D eigenvalue weighted by atomic mass is 16.5. The molecule has 6 nitrogen and oxygen atoms in total. The summed E-state index contributed by atoms with van der Waals surface area (Å²) in [5, 5.41) is 0. The van der Waals surface area contributed by atoms with Gasteiger partial charge in [-0.1, -0.05) is 0 Å². The Bertz CT molecular complexity index is 645. The van der Waals surface area contributed by atoms with E-state index in [0.717, 1.165) is 44.8 Å². The van der Waals surface area contributed by atoms with Gasteiger partial charge in [-0.3, -0.25) is 19.7 Å². The predicted molar refractivity (Wildman–Crippen MR) is 95.1 cm³/mol. The number of hydrogen-bond donors (Lipinski definition) is 0. The monoisotopic (exact) mass is 340 g/mol. The lowest BCUT2D eigenvalue weighted by Gasteiger charge is -2.28. The minimum Gasteiger partial charge on any atom is -0.379 e. The van der Waals surface area contributed by atoms with Crippen LogP contribution in [-0.2, 0) is 11.3 Å². The molecule has 0 aromatic carbocycles. The second-order valence-electron chi connectivity index (χ2n) is 6.13. The van der Waals surface area contributed by atoms with Gasteiger partial charge in [-0.15, -0.1) is 0 Å². The van der Waals surface area contributed by atoms with Gasteiger partial charge in [0.2, 0.25) is 0 Å². The first-order chi connectivity index (χ1) is 12.3. The van der Waals surface area contributed by atoms with Crippen LogP contribution in [0.15, 0.2) is 49.1 Å². The number of aromatic nitrogens is 2. The highest BCUT2D eigenvalue weighted by Gasteiger charge is 2.17. The van der Waals surface area contributed by atoms with Crippen LogP contribution in [0.2, 0.25) is 0 Å². The van der Waals surface area contributed by atoms with Crippen molar-refractivity contribution in [3.63, 3.8) is 0 Å². The third-order valence-corrected chi connectivity index (χ3v) is 4.32. The van der Waals surface area contributed by atoms with E-state index in [1.807, 2.05) is 23.1 Å². The summed E-state index contributed by atoms with van der Waals surface area (Å²) in [4.78, 5) is 25.3. The summed E-state index contributed by atoms with van der Waals surface area (Å²) in [5.74, 6) is 0.0203. The fourth-order valence-electron chi connectivity index (χ4n) is 2.94. The molecule has 0 bridgehead atoms. The molecule has 1 fully saturated rings. The third-order valence-electron chi connectivity index (χ3n) is 4.32. The number of carbonyl (C=O) groups excluding carboxylic acids is 1. The zero-order chi connectivity index (χ0) is 17.3. The molecule has 1 amide bonds. The van der Waals surface area contributed by atoms with Crippen LogP contribution in [0.1, 0.15) is 22.3 Å². The lowest BCUT2D eigenvalue weighted by molar-refractivity contribution is 0.0355. The molecule has 3 heterocycles. The van der Waals surface area contributed by atoms with Crippen molar-refractivity contribution in [3.8, 4) is 0 Å². The Kier molecular flexibility index (Phi) is 6.48. The quantitative estimate of drug-likeness (QED) is 0.770. The van der Waals surface area contributed by atoms with E-state index in [0.29, 0.717) is 18.7 Å². The molecule has 0 unspecified atom stereocenters. The van der Waals surface area contributed by atoms with Crippen molar-refractivity contribution < 1.29 is 9.53 Å². The maximum absolute atomic E-state index is 12.9. The minimum atomic E-state index is 0.0203. The van der Waals surface area contributed by atoms with Crippen LogP contribution in [0.3, 0.4) is 0 Å². The van der Waals surface area contributed by atoms with Gasteiger partial charge >= 0.3 is 0 Å². The van der Waals surface area contributed by atoms with Gasteiger partial charge in [-0.25, -0.2) is 0 Å². The smallest absolute Gasteiger partial charge is 0.255 e. The van der Waals surface area contributed by atoms with Crippen LogP contribution in [-0.4, -0.2) is 65.1 Å². The van der Waals surface area contributed by atoms with Crippen molar-refractivity contribution in [1.29, 1.82) is 0 Å². The van der Waals surface area contributed by atoms with Crippen LogP contribution < -0.4 is 0 Å². The van der Waals surface area contributed by atoms with E-state index in [1.54, 1.807) is 30.9 Å². The Morgan fingerprint density at radius 1 is 1.12 bits per heavy atom. The summed E-state index contributed by atoms with van der Waals surface area (Å²) in [6.45, 7) is 5.83. The number of carbonyl (C=O) groups is 1. The van der Waals surface area contributed by atoms with E-state index in [1.165, 1.54) is 0 Å². The van der Waals surface area contributed by atoms with Gasteiger partial charge in [-0.2, -0.15) is 0 Å². The number of rotatable bonds is 7. The Morgan fingerprint density at radius 3 is 2.64 bits per heavy atom. The van der Waals surface area contributed by atoms with Gasteiger partial charge in [0.15, 0.2) is 0 Å². The van der Waals surface area contributed by atoms with Crippen molar-refractivity contribution >= 4 is 5.91 Å². The predicted octanol–water partition coefficient (Wildman–Crippen LogP) is 1.84. The molecule has 2 aromatic heterocycles. The second kappa shape index (κ2) is 9.25. The van der Waals surface area contributed by atoms with E-state index in [-0.39, 0.29) is 5.91 Å². The fourth-order valence-corrected chi connectivity index (χ4v) is 2.94. The summed E-state index contributed by atoms with van der Waals surface area (Å²) in [5.41, 5.74) is 1.71. The van der Waals surface area contributed by atoms with E-state index in [2.05, 4.69) is 14.9 Å². The van der Waals surface area contributed by atoms with E-state index in [4.69, 9.17) is 4.74 Å². The molecule has 25 heavy (non-hydrogen) atoms. The average Bonchev–Trinajstić information content (AvgIpc) is 2.69. The van der Waals surface area contributed by atoms with E-state index >= 15 is 0 Å². The topological polar surface area (TPSA) is 58.6 Å². The average molecular weight is 340 g/mol. The van der Waals surface area contributed by atoms with Crippen LogP contribution in [0.5, 0.6) is 0 Å². The third kappa shape index (κ3) is 5.34. The number of ether oxygens (including phenoxy) is 1. The van der Waals surface area contributed by atoms with Gasteiger partial charge < -0.3 is 9.64 Å². The molecule has 0 aliphatic carbocycles. The van der Waals surface area contributed by atoms with Gasteiger partial charge in [0.25, 0.3) is 5.91 Å². The summed E-state index contributed by atoms with van der Waals surface area (Å²) in [6.07, 6.45) is 7.77. The summed E-state index contributed by atoms with van der Waals surface area (Å²) >= 11 is 0. The summed E-state index contributed by atoms with van der Waals surface area (Å²) in [7, 11) is 0. The lowest BCUT2D eigenvalue weighted by atomic mass is 10.2. The largest absolute Gasteiger partial charge is 0.379 e. The maximum atomic E-state index is 12.9. The number of amides is 1. The van der Waals surface area contributed by atoms with Crippen LogP contribution in [0.25, 0.3) is 0 Å². The molecule has 0 N–H and O–H groups in total. The molecule has 0 spiro atoms. The first-order valence-corrected chi connectivity index (χ1v) is 8.71. The highest BCUT2D eigenvalue weighted by molar-refractivity contribution is 5.93. The molecule has 6 heteroatoms. The minimum absolute atomic E-state index is 0.0203. The number of nitrogens with zero attached hydrogens (tertiary/aromatic N) is 4. The molecule has 0 saturated carbocycles. The first kappa shape index (κ1) is 17.5. The SMILES string of the molecule is O=C(c1cccnc1)N(CCCN1CCOCC1)Cc1ccncc1. The van der Waals surface area contributed by atoms with Crippen molar-refractivity contribution in [1.82, 2.24) is 19.8 Å².